The molecule has 0 saturated carbocycles. The maximum Gasteiger partial charge on any atom is 0.339 e. The molecule has 0 bridgehead atoms. The number of amides is 1. The number of benzene rings is 2. The minimum Gasteiger partial charge on any atom is -0.449 e. The first kappa shape index (κ1) is 17.6. The lowest BCUT2D eigenvalue weighted by atomic mass is 10.1. The zero-order chi connectivity index (χ0) is 17.7. The Morgan fingerprint density at radius 3 is 2.21 bits per heavy atom. The molecule has 0 aliphatic carbocycles. The van der Waals surface area contributed by atoms with Gasteiger partial charge in [0.05, 0.1) is 5.56 Å². The Kier molecular flexibility index (Phi) is 5.63. The van der Waals surface area contributed by atoms with Crippen molar-refractivity contribution >= 4 is 17.6 Å². The molecule has 0 aliphatic heterocycles. The normalized spacial score (nSPS) is 11.7. The van der Waals surface area contributed by atoms with Crippen LogP contribution < -0.4 is 5.32 Å². The first-order valence-electron chi connectivity index (χ1n) is 7.46. The van der Waals surface area contributed by atoms with Gasteiger partial charge in [0.2, 0.25) is 0 Å². The number of hydrogen-bond acceptors (Lipinski definition) is 3. The maximum absolute atomic E-state index is 13.1. The quantitative estimate of drug-likeness (QED) is 0.849. The molecule has 1 amide bonds. The average Bonchev–Trinajstić information content (AvgIpc) is 2.54. The summed E-state index contributed by atoms with van der Waals surface area (Å²) in [6.45, 7) is 3.40. The van der Waals surface area contributed by atoms with Crippen LogP contribution in [-0.2, 0) is 16.0 Å². The summed E-state index contributed by atoms with van der Waals surface area (Å²) in [6, 6.07) is 9.58. The third-order valence-electron chi connectivity index (χ3n) is 3.38. The van der Waals surface area contributed by atoms with Gasteiger partial charge in [0.25, 0.3) is 5.91 Å². The predicted molar refractivity (Wildman–Crippen MR) is 85.7 cm³/mol. The van der Waals surface area contributed by atoms with E-state index in [0.29, 0.717) is 11.8 Å². The number of carbonyl (C=O) groups excluding carboxylic acids is 2. The molecule has 126 valence electrons. The molecule has 0 fully saturated rings. The average molecular weight is 333 g/mol. The lowest BCUT2D eigenvalue weighted by Gasteiger charge is -2.14. The van der Waals surface area contributed by atoms with Gasteiger partial charge in [-0.3, -0.25) is 4.79 Å². The number of ether oxygens (including phenoxy) is 1. The monoisotopic (exact) mass is 333 g/mol. The van der Waals surface area contributed by atoms with Gasteiger partial charge >= 0.3 is 5.97 Å². The van der Waals surface area contributed by atoms with Crippen molar-refractivity contribution in [2.75, 3.05) is 5.32 Å². The highest BCUT2D eigenvalue weighted by Gasteiger charge is 2.20. The number of hydrogen-bond donors (Lipinski definition) is 1. The zero-order valence-electron chi connectivity index (χ0n) is 13.3. The lowest BCUT2D eigenvalue weighted by molar-refractivity contribution is -0.123. The molecule has 0 radical (unpaired) electrons. The number of carbonyl (C=O) groups is 2. The number of anilines is 1. The molecule has 2 aromatic rings. The molecule has 2 aromatic carbocycles. The second-order valence-corrected chi connectivity index (χ2v) is 5.25. The summed E-state index contributed by atoms with van der Waals surface area (Å²) in [7, 11) is 0. The summed E-state index contributed by atoms with van der Waals surface area (Å²) < 4.78 is 31.2. The Balaban J connectivity index is 1.98. The van der Waals surface area contributed by atoms with E-state index in [1.807, 2.05) is 19.1 Å². The molecule has 2 rings (SSSR count). The van der Waals surface area contributed by atoms with Crippen molar-refractivity contribution in [1.82, 2.24) is 0 Å². The number of halogens is 2. The molecule has 6 heteroatoms. The van der Waals surface area contributed by atoms with Crippen LogP contribution in [0, 0.1) is 11.6 Å². The van der Waals surface area contributed by atoms with Crippen LogP contribution in [0.2, 0.25) is 0 Å². The first-order chi connectivity index (χ1) is 11.4. The standard InChI is InChI=1S/C18H17F2NO3/c1-3-12-4-6-16(7-5-12)21-17(22)11(2)24-18(23)13-8-14(19)10-15(20)9-13/h4-11H,3H2,1-2H3,(H,21,22)/t11-/m1/s1. The zero-order valence-corrected chi connectivity index (χ0v) is 13.3. The number of esters is 1. The topological polar surface area (TPSA) is 55.4 Å². The molecular weight excluding hydrogens is 316 g/mol. The van der Waals surface area contributed by atoms with Crippen molar-refractivity contribution in [2.24, 2.45) is 0 Å². The van der Waals surface area contributed by atoms with Crippen LogP contribution >= 0.6 is 0 Å². The van der Waals surface area contributed by atoms with Gasteiger partial charge in [0, 0.05) is 11.8 Å². The summed E-state index contributed by atoms with van der Waals surface area (Å²) in [5.41, 5.74) is 1.40. The molecule has 0 unspecified atom stereocenters. The summed E-state index contributed by atoms with van der Waals surface area (Å²) in [5, 5.41) is 2.61. The summed E-state index contributed by atoms with van der Waals surface area (Å²) in [5.74, 6) is -3.30. The van der Waals surface area contributed by atoms with Gasteiger partial charge in [-0.25, -0.2) is 13.6 Å². The van der Waals surface area contributed by atoms with Gasteiger partial charge in [-0.1, -0.05) is 19.1 Å². The molecule has 24 heavy (non-hydrogen) atoms. The van der Waals surface area contributed by atoms with Crippen LogP contribution in [-0.4, -0.2) is 18.0 Å². The third-order valence-corrected chi connectivity index (χ3v) is 3.38. The Bertz CT molecular complexity index is 724. The number of rotatable bonds is 5. The minimum atomic E-state index is -1.12. The van der Waals surface area contributed by atoms with Crippen LogP contribution in [0.1, 0.15) is 29.8 Å². The Morgan fingerprint density at radius 2 is 1.67 bits per heavy atom. The van der Waals surface area contributed by atoms with E-state index >= 15 is 0 Å². The van der Waals surface area contributed by atoms with Crippen LogP contribution in [0.5, 0.6) is 0 Å². The van der Waals surface area contributed by atoms with E-state index < -0.39 is 29.6 Å². The van der Waals surface area contributed by atoms with Crippen molar-refractivity contribution in [3.05, 3.63) is 65.2 Å². The number of aryl methyl sites for hydroxylation is 1. The van der Waals surface area contributed by atoms with Gasteiger partial charge in [-0.15, -0.1) is 0 Å². The highest BCUT2D eigenvalue weighted by atomic mass is 19.1. The lowest BCUT2D eigenvalue weighted by Crippen LogP contribution is -2.30. The van der Waals surface area contributed by atoms with Crippen molar-refractivity contribution in [3.63, 3.8) is 0 Å². The van der Waals surface area contributed by atoms with E-state index in [1.54, 1.807) is 12.1 Å². The van der Waals surface area contributed by atoms with Crippen molar-refractivity contribution in [1.29, 1.82) is 0 Å². The van der Waals surface area contributed by atoms with Gasteiger partial charge in [-0.2, -0.15) is 0 Å². The van der Waals surface area contributed by atoms with E-state index in [2.05, 4.69) is 5.32 Å². The van der Waals surface area contributed by atoms with Crippen molar-refractivity contribution < 1.29 is 23.1 Å². The van der Waals surface area contributed by atoms with Crippen LogP contribution in [0.25, 0.3) is 0 Å². The van der Waals surface area contributed by atoms with E-state index in [9.17, 15) is 18.4 Å². The highest BCUT2D eigenvalue weighted by molar-refractivity contribution is 5.97. The number of nitrogens with one attached hydrogen (secondary N) is 1. The smallest absolute Gasteiger partial charge is 0.339 e. The van der Waals surface area contributed by atoms with Crippen molar-refractivity contribution in [3.8, 4) is 0 Å². The Labute approximate surface area is 138 Å². The van der Waals surface area contributed by atoms with Gasteiger partial charge in [0.15, 0.2) is 6.10 Å². The second kappa shape index (κ2) is 7.68. The molecule has 1 N–H and O–H groups in total. The second-order valence-electron chi connectivity index (χ2n) is 5.25. The Hall–Kier alpha value is -2.76. The molecule has 0 heterocycles. The fraction of sp³-hybridized carbons (Fsp3) is 0.222. The molecular formula is C18H17F2NO3. The SMILES string of the molecule is CCc1ccc(NC(=O)[C@@H](C)OC(=O)c2cc(F)cc(F)c2)cc1. The molecule has 0 aliphatic rings. The van der Waals surface area contributed by atoms with E-state index in [1.165, 1.54) is 6.92 Å². The van der Waals surface area contributed by atoms with E-state index in [-0.39, 0.29) is 5.56 Å². The summed E-state index contributed by atoms with van der Waals surface area (Å²) >= 11 is 0. The van der Waals surface area contributed by atoms with Gasteiger partial charge in [0.1, 0.15) is 11.6 Å². The van der Waals surface area contributed by atoms with Crippen molar-refractivity contribution in [2.45, 2.75) is 26.4 Å². The summed E-state index contributed by atoms with van der Waals surface area (Å²) in [4.78, 5) is 23.9. The fourth-order valence-electron chi connectivity index (χ4n) is 2.02. The first-order valence-corrected chi connectivity index (χ1v) is 7.46. The highest BCUT2D eigenvalue weighted by Crippen LogP contribution is 2.13. The van der Waals surface area contributed by atoms with Crippen LogP contribution in [0.15, 0.2) is 42.5 Å². The summed E-state index contributed by atoms with van der Waals surface area (Å²) in [6.07, 6.45) is -0.235. The Morgan fingerprint density at radius 1 is 1.08 bits per heavy atom. The van der Waals surface area contributed by atoms with Gasteiger partial charge in [-0.05, 0) is 43.2 Å². The molecule has 0 aromatic heterocycles. The predicted octanol–water partition coefficient (Wildman–Crippen LogP) is 3.71. The molecule has 1 atom stereocenters. The minimum absolute atomic E-state index is 0.292. The van der Waals surface area contributed by atoms with Crippen LogP contribution in [0.3, 0.4) is 0 Å². The molecule has 0 spiro atoms. The van der Waals surface area contributed by atoms with Gasteiger partial charge < -0.3 is 10.1 Å². The maximum atomic E-state index is 13.1. The molecule has 0 saturated heterocycles. The van der Waals surface area contributed by atoms with Crippen LogP contribution in [0.4, 0.5) is 14.5 Å². The van der Waals surface area contributed by atoms with E-state index in [0.717, 1.165) is 24.1 Å². The third kappa shape index (κ3) is 4.62. The molecule has 4 nitrogen and oxygen atoms in total. The van der Waals surface area contributed by atoms with E-state index in [4.69, 9.17) is 4.74 Å². The largest absolute Gasteiger partial charge is 0.449 e. The fourth-order valence-corrected chi connectivity index (χ4v) is 2.02.